The fourth-order valence-corrected chi connectivity index (χ4v) is 4.32. The van der Waals surface area contributed by atoms with Gasteiger partial charge in [-0.15, -0.1) is 0 Å². The summed E-state index contributed by atoms with van der Waals surface area (Å²) in [6.07, 6.45) is 1.50. The maximum Gasteiger partial charge on any atom is 0.259 e. The van der Waals surface area contributed by atoms with E-state index in [1.54, 1.807) is 14.2 Å². The largest absolute Gasteiger partial charge is 0.493 e. The van der Waals surface area contributed by atoms with Gasteiger partial charge in [-0.3, -0.25) is 19.2 Å². The van der Waals surface area contributed by atoms with Crippen LogP contribution in [0, 0.1) is 13.8 Å². The van der Waals surface area contributed by atoms with Gasteiger partial charge in [0.1, 0.15) is 0 Å². The highest BCUT2D eigenvalue weighted by molar-refractivity contribution is 5.59. The molecule has 3 aromatic rings. The summed E-state index contributed by atoms with van der Waals surface area (Å²) < 4.78 is 12.6. The first-order chi connectivity index (χ1) is 15.9. The fourth-order valence-electron chi connectivity index (χ4n) is 4.32. The van der Waals surface area contributed by atoms with Gasteiger partial charge < -0.3 is 9.47 Å². The molecule has 0 saturated heterocycles. The molecule has 33 heavy (non-hydrogen) atoms. The zero-order valence-electron chi connectivity index (χ0n) is 20.1. The Hall–Kier alpha value is -3.32. The lowest BCUT2D eigenvalue weighted by Gasteiger charge is -2.38. The Morgan fingerprint density at radius 2 is 1.70 bits per heavy atom. The molecule has 2 heterocycles. The number of ether oxygens (including phenoxy) is 2. The van der Waals surface area contributed by atoms with Gasteiger partial charge >= 0.3 is 0 Å². The summed E-state index contributed by atoms with van der Waals surface area (Å²) in [6, 6.07) is 14.4. The van der Waals surface area contributed by atoms with E-state index in [9.17, 15) is 4.79 Å². The summed E-state index contributed by atoms with van der Waals surface area (Å²) in [5.74, 6) is 2.16. The van der Waals surface area contributed by atoms with E-state index in [-0.39, 0.29) is 5.56 Å². The lowest BCUT2D eigenvalue weighted by Crippen LogP contribution is -2.48. The number of anilines is 2. The minimum absolute atomic E-state index is 0.0490. The van der Waals surface area contributed by atoms with E-state index in [1.807, 2.05) is 30.5 Å². The third kappa shape index (κ3) is 4.59. The van der Waals surface area contributed by atoms with Crippen LogP contribution in [0.5, 0.6) is 11.5 Å². The predicted molar refractivity (Wildman–Crippen MR) is 131 cm³/mol. The summed E-state index contributed by atoms with van der Waals surface area (Å²) in [7, 11) is 3.29. The molecule has 1 aliphatic heterocycles. The maximum absolute atomic E-state index is 13.3. The molecule has 2 aromatic carbocycles. The number of aromatic nitrogens is 2. The van der Waals surface area contributed by atoms with Crippen LogP contribution in [-0.2, 0) is 19.5 Å². The lowest BCUT2D eigenvalue weighted by atomic mass is 10.1. The van der Waals surface area contributed by atoms with Crippen LogP contribution in [-0.4, -0.2) is 41.9 Å². The number of hydrogen-bond donors (Lipinski definition) is 0. The maximum atomic E-state index is 13.3. The third-order valence-electron chi connectivity index (χ3n) is 6.24. The van der Waals surface area contributed by atoms with Gasteiger partial charge in [0, 0.05) is 23.5 Å². The summed E-state index contributed by atoms with van der Waals surface area (Å²) in [6.45, 7) is 7.98. The van der Waals surface area contributed by atoms with Gasteiger partial charge in [0.2, 0.25) is 5.95 Å². The highest BCUT2D eigenvalue weighted by Gasteiger charge is 2.27. The summed E-state index contributed by atoms with van der Waals surface area (Å²) in [5.41, 5.74) is 5.02. The molecule has 174 valence electrons. The average molecular weight is 449 g/mol. The van der Waals surface area contributed by atoms with Crippen molar-refractivity contribution in [3.63, 3.8) is 0 Å². The van der Waals surface area contributed by atoms with E-state index >= 15 is 0 Å². The molecule has 7 heteroatoms. The van der Waals surface area contributed by atoms with Crippen molar-refractivity contribution in [1.82, 2.24) is 14.5 Å². The molecule has 1 aromatic heterocycles. The SMILES string of the molecule is CCc1c(C)nc2n(c1=O)CN(CCc1ccc(OC)c(OC)c1)CN2c1ccc(C)cc1. The van der Waals surface area contributed by atoms with Crippen LogP contribution in [0.15, 0.2) is 47.3 Å². The molecule has 0 fully saturated rings. The Morgan fingerprint density at radius 3 is 2.36 bits per heavy atom. The van der Waals surface area contributed by atoms with Gasteiger partial charge in [0.25, 0.3) is 5.56 Å². The molecule has 0 radical (unpaired) electrons. The smallest absolute Gasteiger partial charge is 0.259 e. The van der Waals surface area contributed by atoms with E-state index < -0.39 is 0 Å². The number of aryl methyl sites for hydroxylation is 2. The second-order valence-electron chi connectivity index (χ2n) is 8.44. The van der Waals surface area contributed by atoms with Gasteiger partial charge in [-0.25, -0.2) is 4.98 Å². The zero-order chi connectivity index (χ0) is 23.5. The first kappa shape index (κ1) is 22.9. The van der Waals surface area contributed by atoms with Crippen LogP contribution >= 0.6 is 0 Å². The van der Waals surface area contributed by atoms with Crippen molar-refractivity contribution < 1.29 is 9.47 Å². The van der Waals surface area contributed by atoms with E-state index in [0.717, 1.165) is 47.0 Å². The van der Waals surface area contributed by atoms with Gasteiger partial charge in [-0.1, -0.05) is 30.7 Å². The molecule has 0 amide bonds. The number of hydrogen-bond acceptors (Lipinski definition) is 6. The Morgan fingerprint density at radius 1 is 0.970 bits per heavy atom. The number of methoxy groups -OCH3 is 2. The normalized spacial score (nSPS) is 13.7. The second kappa shape index (κ2) is 9.67. The molecule has 7 nitrogen and oxygen atoms in total. The quantitative estimate of drug-likeness (QED) is 0.544. The molecule has 0 bridgehead atoms. The molecular weight excluding hydrogens is 416 g/mol. The molecular formula is C26H32N4O3. The van der Waals surface area contributed by atoms with Gasteiger partial charge in [-0.2, -0.15) is 0 Å². The van der Waals surface area contributed by atoms with Gasteiger partial charge in [0.15, 0.2) is 11.5 Å². The summed E-state index contributed by atoms with van der Waals surface area (Å²) in [5, 5.41) is 0. The first-order valence-electron chi connectivity index (χ1n) is 11.3. The van der Waals surface area contributed by atoms with Gasteiger partial charge in [-0.05, 0) is 56.5 Å². The topological polar surface area (TPSA) is 59.8 Å². The van der Waals surface area contributed by atoms with Crippen molar-refractivity contribution in [2.75, 3.05) is 32.3 Å². The first-order valence-corrected chi connectivity index (χ1v) is 11.3. The minimum Gasteiger partial charge on any atom is -0.493 e. The Kier molecular flexibility index (Phi) is 6.70. The predicted octanol–water partition coefficient (Wildman–Crippen LogP) is 4.05. The molecule has 0 atom stereocenters. The van der Waals surface area contributed by atoms with Crippen molar-refractivity contribution in [2.45, 2.75) is 40.3 Å². The van der Waals surface area contributed by atoms with Crippen molar-refractivity contribution in [3.05, 3.63) is 75.2 Å². The standard InChI is InChI=1S/C26H32N4O3/c1-6-22-19(3)27-26-29(21-10-7-18(2)8-11-21)16-28(17-30(26)25(22)31)14-13-20-9-12-23(32-4)24(15-20)33-5/h7-12,15H,6,13-14,16-17H2,1-5H3. The molecule has 0 saturated carbocycles. The molecule has 0 unspecified atom stereocenters. The Bertz CT molecular complexity index is 1190. The highest BCUT2D eigenvalue weighted by atomic mass is 16.5. The number of fused-ring (bicyclic) bond motifs is 1. The summed E-state index contributed by atoms with van der Waals surface area (Å²) >= 11 is 0. The van der Waals surface area contributed by atoms with E-state index in [2.05, 4.69) is 47.1 Å². The Labute approximate surface area is 195 Å². The molecule has 0 spiro atoms. The minimum atomic E-state index is 0.0490. The molecule has 1 aliphatic rings. The Balaban J connectivity index is 1.65. The van der Waals surface area contributed by atoms with E-state index in [1.165, 1.54) is 5.56 Å². The number of benzene rings is 2. The monoisotopic (exact) mass is 448 g/mol. The molecule has 4 rings (SSSR count). The van der Waals surface area contributed by atoms with Crippen LogP contribution in [0.3, 0.4) is 0 Å². The second-order valence-corrected chi connectivity index (χ2v) is 8.44. The highest BCUT2D eigenvalue weighted by Crippen LogP contribution is 2.30. The average Bonchev–Trinajstić information content (AvgIpc) is 2.83. The fraction of sp³-hybridized carbons (Fsp3) is 0.385. The van der Waals surface area contributed by atoms with E-state index in [0.29, 0.717) is 25.7 Å². The number of rotatable bonds is 7. The van der Waals surface area contributed by atoms with Crippen LogP contribution in [0.1, 0.15) is 29.3 Å². The summed E-state index contributed by atoms with van der Waals surface area (Å²) in [4.78, 5) is 22.6. The molecule has 0 aliphatic carbocycles. The van der Waals surface area contributed by atoms with Crippen LogP contribution in [0.2, 0.25) is 0 Å². The van der Waals surface area contributed by atoms with Crippen LogP contribution in [0.25, 0.3) is 0 Å². The lowest BCUT2D eigenvalue weighted by molar-refractivity contribution is 0.200. The zero-order valence-corrected chi connectivity index (χ0v) is 20.1. The third-order valence-corrected chi connectivity index (χ3v) is 6.24. The van der Waals surface area contributed by atoms with Crippen LogP contribution in [0.4, 0.5) is 11.6 Å². The van der Waals surface area contributed by atoms with Crippen molar-refractivity contribution in [2.24, 2.45) is 0 Å². The van der Waals surface area contributed by atoms with Crippen molar-refractivity contribution >= 4 is 11.6 Å². The van der Waals surface area contributed by atoms with Crippen LogP contribution < -0.4 is 19.9 Å². The van der Waals surface area contributed by atoms with E-state index in [4.69, 9.17) is 14.5 Å². The molecule has 0 N–H and O–H groups in total. The van der Waals surface area contributed by atoms with Crippen molar-refractivity contribution in [1.29, 1.82) is 0 Å². The van der Waals surface area contributed by atoms with Crippen molar-refractivity contribution in [3.8, 4) is 11.5 Å². The van der Waals surface area contributed by atoms with Gasteiger partial charge in [0.05, 0.1) is 27.6 Å². The number of nitrogens with zero attached hydrogens (tertiary/aromatic N) is 4.